The molecule has 2 aromatic rings. The first-order valence-corrected chi connectivity index (χ1v) is 10.7. The predicted molar refractivity (Wildman–Crippen MR) is 96.8 cm³/mol. The number of ether oxygens (including phenoxy) is 1. The predicted octanol–water partition coefficient (Wildman–Crippen LogP) is 1.44. The van der Waals surface area contributed by atoms with Gasteiger partial charge in [-0.3, -0.25) is 4.31 Å². The number of rotatable bonds is 8. The van der Waals surface area contributed by atoms with E-state index in [0.717, 1.165) is 10.6 Å². The first kappa shape index (κ1) is 19.2. The number of hydrogen-bond acceptors (Lipinski definition) is 5. The van der Waals surface area contributed by atoms with Crippen LogP contribution in [0, 0.1) is 0 Å². The highest BCUT2D eigenvalue weighted by Crippen LogP contribution is 2.17. The third-order valence-corrected chi connectivity index (χ3v) is 6.09. The van der Waals surface area contributed by atoms with E-state index < -0.39 is 20.0 Å². The highest BCUT2D eigenvalue weighted by Gasteiger charge is 2.19. The molecule has 0 bridgehead atoms. The van der Waals surface area contributed by atoms with Crippen molar-refractivity contribution in [2.45, 2.75) is 4.90 Å². The van der Waals surface area contributed by atoms with Crippen LogP contribution in [0.5, 0.6) is 5.75 Å². The number of sulfonamides is 2. The van der Waals surface area contributed by atoms with E-state index in [2.05, 4.69) is 4.72 Å². The molecule has 7 nitrogen and oxygen atoms in total. The van der Waals surface area contributed by atoms with Crippen molar-refractivity contribution in [1.82, 2.24) is 4.72 Å². The molecule has 0 fully saturated rings. The summed E-state index contributed by atoms with van der Waals surface area (Å²) in [6.07, 6.45) is 1.08. The molecule has 2 rings (SSSR count). The fourth-order valence-corrected chi connectivity index (χ4v) is 4.15. The van der Waals surface area contributed by atoms with E-state index >= 15 is 0 Å². The average molecular weight is 384 g/mol. The van der Waals surface area contributed by atoms with Crippen LogP contribution in [-0.4, -0.2) is 43.3 Å². The third kappa shape index (κ3) is 5.18. The summed E-state index contributed by atoms with van der Waals surface area (Å²) >= 11 is 0. The molecule has 0 radical (unpaired) electrons. The molecular weight excluding hydrogens is 364 g/mol. The Hall–Kier alpha value is -2.10. The Morgan fingerprint density at radius 3 is 2.08 bits per heavy atom. The topological polar surface area (TPSA) is 92.8 Å². The summed E-state index contributed by atoms with van der Waals surface area (Å²) in [5.41, 5.74) is 0.480. The highest BCUT2D eigenvalue weighted by molar-refractivity contribution is 7.92. The molecule has 0 saturated carbocycles. The molecule has 2 aromatic carbocycles. The summed E-state index contributed by atoms with van der Waals surface area (Å²) in [7, 11) is -5.77. The normalized spacial score (nSPS) is 11.9. The zero-order chi connectivity index (χ0) is 18.5. The number of nitrogens with one attached hydrogen (secondary N) is 1. The second kappa shape index (κ2) is 7.85. The lowest BCUT2D eigenvalue weighted by atomic mass is 10.3. The van der Waals surface area contributed by atoms with Crippen LogP contribution < -0.4 is 13.8 Å². The smallest absolute Gasteiger partial charge is 0.240 e. The summed E-state index contributed by atoms with van der Waals surface area (Å²) in [5, 5.41) is 0. The average Bonchev–Trinajstić information content (AvgIpc) is 2.58. The number of hydrogen-bond donors (Lipinski definition) is 1. The molecule has 9 heteroatoms. The molecule has 0 aliphatic heterocycles. The van der Waals surface area contributed by atoms with E-state index in [1.165, 1.54) is 19.2 Å². The molecule has 0 amide bonds. The van der Waals surface area contributed by atoms with Gasteiger partial charge in [0.15, 0.2) is 0 Å². The monoisotopic (exact) mass is 384 g/mol. The Bertz CT molecular complexity index is 895. The van der Waals surface area contributed by atoms with Crippen LogP contribution >= 0.6 is 0 Å². The van der Waals surface area contributed by atoms with Gasteiger partial charge in [-0.15, -0.1) is 0 Å². The van der Waals surface area contributed by atoms with Gasteiger partial charge in [-0.2, -0.15) is 0 Å². The first-order valence-electron chi connectivity index (χ1n) is 7.40. The van der Waals surface area contributed by atoms with E-state index in [1.807, 2.05) is 0 Å². The fraction of sp³-hybridized carbons (Fsp3) is 0.250. The van der Waals surface area contributed by atoms with Gasteiger partial charge < -0.3 is 4.74 Å². The molecule has 0 aliphatic rings. The first-order chi connectivity index (χ1) is 11.7. The molecule has 0 heterocycles. The van der Waals surface area contributed by atoms with E-state index in [4.69, 9.17) is 4.74 Å². The van der Waals surface area contributed by atoms with Gasteiger partial charge in [-0.25, -0.2) is 21.6 Å². The minimum absolute atomic E-state index is 0.0156. The van der Waals surface area contributed by atoms with Gasteiger partial charge in [0.05, 0.1) is 23.9 Å². The maximum absolute atomic E-state index is 12.3. The second-order valence-corrected chi connectivity index (χ2v) is 8.92. The van der Waals surface area contributed by atoms with Gasteiger partial charge >= 0.3 is 0 Å². The van der Waals surface area contributed by atoms with Crippen molar-refractivity contribution in [1.29, 1.82) is 0 Å². The molecule has 0 aliphatic carbocycles. The summed E-state index contributed by atoms with van der Waals surface area (Å²) in [4.78, 5) is 0.0823. The van der Waals surface area contributed by atoms with Crippen LogP contribution in [0.3, 0.4) is 0 Å². The Labute approximate surface area is 148 Å². The molecule has 0 saturated heterocycles. The molecule has 1 N–H and O–H groups in total. The molecule has 0 unspecified atom stereocenters. The van der Waals surface area contributed by atoms with Crippen LogP contribution in [0.2, 0.25) is 0 Å². The largest absolute Gasteiger partial charge is 0.497 e. The summed E-state index contributed by atoms with van der Waals surface area (Å²) in [5.74, 6) is 0.547. The standard InChI is InChI=1S/C16H20N2O5S2/c1-23-15-8-10-16(11-9-15)25(21,22)17-12-13-18(24(2,19)20)14-6-4-3-5-7-14/h3-11,17H,12-13H2,1-2H3. The van der Waals surface area contributed by atoms with Crippen LogP contribution in [0.4, 0.5) is 5.69 Å². The number of nitrogens with zero attached hydrogens (tertiary/aromatic N) is 1. The second-order valence-electron chi connectivity index (χ2n) is 5.24. The minimum atomic E-state index is -3.74. The van der Waals surface area contributed by atoms with Crippen LogP contribution in [0.25, 0.3) is 0 Å². The van der Waals surface area contributed by atoms with E-state index in [1.54, 1.807) is 42.5 Å². The minimum Gasteiger partial charge on any atom is -0.497 e. The van der Waals surface area contributed by atoms with Crippen molar-refractivity contribution in [3.05, 3.63) is 54.6 Å². The van der Waals surface area contributed by atoms with E-state index in [-0.39, 0.29) is 18.0 Å². The van der Waals surface area contributed by atoms with Gasteiger partial charge in [0, 0.05) is 13.1 Å². The van der Waals surface area contributed by atoms with Crippen LogP contribution in [0.15, 0.2) is 59.5 Å². The molecule has 0 aromatic heterocycles. The lowest BCUT2D eigenvalue weighted by molar-refractivity contribution is 0.414. The third-order valence-electron chi connectivity index (χ3n) is 3.42. The van der Waals surface area contributed by atoms with E-state index in [9.17, 15) is 16.8 Å². The summed E-state index contributed by atoms with van der Waals surface area (Å²) in [6.45, 7) is -0.0748. The molecular formula is C16H20N2O5S2. The Kier molecular flexibility index (Phi) is 6.04. The molecule has 0 spiro atoms. The summed E-state index contributed by atoms with van der Waals surface area (Å²) in [6, 6.07) is 14.4. The van der Waals surface area contributed by atoms with Crippen molar-refractivity contribution in [3.63, 3.8) is 0 Å². The Balaban J connectivity index is 2.08. The molecule has 0 atom stereocenters. The lowest BCUT2D eigenvalue weighted by Crippen LogP contribution is -2.38. The zero-order valence-electron chi connectivity index (χ0n) is 13.9. The summed E-state index contributed by atoms with van der Waals surface area (Å²) < 4.78 is 57.0. The maximum atomic E-state index is 12.3. The van der Waals surface area contributed by atoms with Crippen molar-refractivity contribution in [3.8, 4) is 5.75 Å². The van der Waals surface area contributed by atoms with Gasteiger partial charge in [-0.05, 0) is 36.4 Å². The molecule has 25 heavy (non-hydrogen) atoms. The van der Waals surface area contributed by atoms with Crippen molar-refractivity contribution >= 4 is 25.7 Å². The maximum Gasteiger partial charge on any atom is 0.240 e. The van der Waals surface area contributed by atoms with Gasteiger partial charge in [-0.1, -0.05) is 18.2 Å². The number of benzene rings is 2. The van der Waals surface area contributed by atoms with Crippen molar-refractivity contribution in [2.75, 3.05) is 30.8 Å². The number of para-hydroxylation sites is 1. The van der Waals surface area contributed by atoms with Gasteiger partial charge in [0.1, 0.15) is 5.75 Å². The van der Waals surface area contributed by atoms with Gasteiger partial charge in [0.2, 0.25) is 20.0 Å². The zero-order valence-corrected chi connectivity index (χ0v) is 15.5. The van der Waals surface area contributed by atoms with E-state index in [0.29, 0.717) is 11.4 Å². The van der Waals surface area contributed by atoms with Crippen molar-refractivity contribution < 1.29 is 21.6 Å². The Morgan fingerprint density at radius 2 is 1.56 bits per heavy atom. The number of methoxy groups -OCH3 is 1. The highest BCUT2D eigenvalue weighted by atomic mass is 32.2. The van der Waals surface area contributed by atoms with Crippen LogP contribution in [-0.2, 0) is 20.0 Å². The van der Waals surface area contributed by atoms with Gasteiger partial charge in [0.25, 0.3) is 0 Å². The molecule has 136 valence electrons. The number of anilines is 1. The lowest BCUT2D eigenvalue weighted by Gasteiger charge is -2.22. The Morgan fingerprint density at radius 1 is 0.960 bits per heavy atom. The SMILES string of the molecule is COc1ccc(S(=O)(=O)NCCN(c2ccccc2)S(C)(=O)=O)cc1. The van der Waals surface area contributed by atoms with Crippen molar-refractivity contribution in [2.24, 2.45) is 0 Å². The fourth-order valence-electron chi connectivity index (χ4n) is 2.20. The quantitative estimate of drug-likeness (QED) is 0.743. The van der Waals surface area contributed by atoms with Crippen LogP contribution in [0.1, 0.15) is 0 Å².